The number of rotatable bonds is 4. The van der Waals surface area contributed by atoms with Crippen LogP contribution < -0.4 is 0 Å². The van der Waals surface area contributed by atoms with Crippen molar-refractivity contribution in [2.45, 2.75) is 31.4 Å². The van der Waals surface area contributed by atoms with E-state index >= 15 is 0 Å². The van der Waals surface area contributed by atoms with Crippen LogP contribution >= 0.6 is 0 Å². The van der Waals surface area contributed by atoms with Gasteiger partial charge in [-0.15, -0.1) is 0 Å². The third-order valence-electron chi connectivity index (χ3n) is 3.82. The summed E-state index contributed by atoms with van der Waals surface area (Å²) >= 11 is 0. The van der Waals surface area contributed by atoms with Crippen molar-refractivity contribution < 1.29 is 9.84 Å². The van der Waals surface area contributed by atoms with Gasteiger partial charge in [0.1, 0.15) is 0 Å². The maximum Gasteiger partial charge on any atom is 0.0739 e. The molecule has 16 heavy (non-hydrogen) atoms. The van der Waals surface area contributed by atoms with Crippen LogP contribution in [0.3, 0.4) is 0 Å². The Morgan fingerprint density at radius 3 is 2.81 bits per heavy atom. The molecule has 0 aromatic carbocycles. The molecule has 0 radical (unpaired) electrons. The smallest absolute Gasteiger partial charge is 0.0739 e. The number of aliphatic hydroxyl groups is 1. The van der Waals surface area contributed by atoms with Crippen LogP contribution in [0.2, 0.25) is 0 Å². The number of nitrogens with zero attached hydrogens (tertiary/aromatic N) is 2. The fraction of sp³-hybridized carbons (Fsp3) is 1.00. The molecular formula is C12H24N2O2. The van der Waals surface area contributed by atoms with E-state index in [9.17, 15) is 5.11 Å². The summed E-state index contributed by atoms with van der Waals surface area (Å²) in [6, 6.07) is 0.191. The lowest BCUT2D eigenvalue weighted by Gasteiger charge is -2.35. The highest BCUT2D eigenvalue weighted by molar-refractivity contribution is 4.81. The predicted molar refractivity (Wildman–Crippen MR) is 63.5 cm³/mol. The zero-order valence-corrected chi connectivity index (χ0v) is 10.3. The standard InChI is InChI=1S/C12H24N2O2/c1-13(7-8-14-5-2-3-6-14)11-10-16-9-4-12(11)15/h11-12,15H,2-10H2,1H3. The fourth-order valence-electron chi connectivity index (χ4n) is 2.60. The van der Waals surface area contributed by atoms with Gasteiger partial charge in [-0.3, -0.25) is 4.90 Å². The van der Waals surface area contributed by atoms with Gasteiger partial charge >= 0.3 is 0 Å². The van der Waals surface area contributed by atoms with Crippen LogP contribution in [0.4, 0.5) is 0 Å². The van der Waals surface area contributed by atoms with Crippen LogP contribution in [-0.4, -0.2) is 73.5 Å². The molecule has 94 valence electrons. The molecule has 2 fully saturated rings. The molecule has 1 N–H and O–H groups in total. The van der Waals surface area contributed by atoms with Crippen molar-refractivity contribution in [2.75, 3.05) is 46.4 Å². The zero-order valence-electron chi connectivity index (χ0n) is 10.3. The average Bonchev–Trinajstić information content (AvgIpc) is 2.79. The molecule has 2 heterocycles. The van der Waals surface area contributed by atoms with E-state index in [1.165, 1.54) is 25.9 Å². The van der Waals surface area contributed by atoms with E-state index in [1.807, 2.05) is 0 Å². The second kappa shape index (κ2) is 5.96. The van der Waals surface area contributed by atoms with E-state index in [-0.39, 0.29) is 12.1 Å². The first kappa shape index (κ1) is 12.3. The van der Waals surface area contributed by atoms with Gasteiger partial charge in [0.15, 0.2) is 0 Å². The summed E-state index contributed by atoms with van der Waals surface area (Å²) in [5.74, 6) is 0. The molecule has 0 aliphatic carbocycles. The lowest BCUT2D eigenvalue weighted by molar-refractivity contribution is -0.0551. The second-order valence-corrected chi connectivity index (χ2v) is 5.03. The van der Waals surface area contributed by atoms with Crippen molar-refractivity contribution in [1.29, 1.82) is 0 Å². The number of hydrogen-bond acceptors (Lipinski definition) is 4. The van der Waals surface area contributed by atoms with Gasteiger partial charge in [-0.05, 0) is 39.4 Å². The molecule has 0 saturated carbocycles. The molecule has 0 aromatic heterocycles. The second-order valence-electron chi connectivity index (χ2n) is 5.03. The van der Waals surface area contributed by atoms with Gasteiger partial charge in [0.25, 0.3) is 0 Å². The van der Waals surface area contributed by atoms with Crippen LogP contribution in [0, 0.1) is 0 Å². The van der Waals surface area contributed by atoms with Crippen molar-refractivity contribution in [1.82, 2.24) is 9.80 Å². The van der Waals surface area contributed by atoms with E-state index in [0.29, 0.717) is 13.2 Å². The first-order valence-electron chi connectivity index (χ1n) is 6.46. The fourth-order valence-corrected chi connectivity index (χ4v) is 2.60. The van der Waals surface area contributed by atoms with Crippen molar-refractivity contribution in [2.24, 2.45) is 0 Å². The molecule has 0 aromatic rings. The van der Waals surface area contributed by atoms with E-state index in [0.717, 1.165) is 19.5 Å². The van der Waals surface area contributed by atoms with Gasteiger partial charge in [0, 0.05) is 19.7 Å². The lowest BCUT2D eigenvalue weighted by atomic mass is 10.1. The number of aliphatic hydroxyl groups excluding tert-OH is 1. The maximum atomic E-state index is 9.90. The Kier molecular flexibility index (Phi) is 4.58. The normalized spacial score (nSPS) is 32.4. The number of likely N-dealkylation sites (tertiary alicyclic amines) is 1. The van der Waals surface area contributed by atoms with Gasteiger partial charge < -0.3 is 14.7 Å². The number of ether oxygens (including phenoxy) is 1. The van der Waals surface area contributed by atoms with Gasteiger partial charge in [0.2, 0.25) is 0 Å². The molecule has 0 amide bonds. The molecule has 0 bridgehead atoms. The van der Waals surface area contributed by atoms with Gasteiger partial charge in [-0.2, -0.15) is 0 Å². The van der Waals surface area contributed by atoms with Gasteiger partial charge in [-0.1, -0.05) is 0 Å². The van der Waals surface area contributed by atoms with Crippen LogP contribution in [-0.2, 0) is 4.74 Å². The molecule has 2 saturated heterocycles. The molecule has 2 aliphatic heterocycles. The van der Waals surface area contributed by atoms with Crippen LogP contribution in [0.25, 0.3) is 0 Å². The van der Waals surface area contributed by atoms with Gasteiger partial charge in [-0.25, -0.2) is 0 Å². The molecular weight excluding hydrogens is 204 g/mol. The summed E-state index contributed by atoms with van der Waals surface area (Å²) in [6.07, 6.45) is 3.26. The monoisotopic (exact) mass is 228 g/mol. The highest BCUT2D eigenvalue weighted by atomic mass is 16.5. The molecule has 2 unspecified atom stereocenters. The third-order valence-corrected chi connectivity index (χ3v) is 3.82. The number of hydrogen-bond donors (Lipinski definition) is 1. The zero-order chi connectivity index (χ0) is 11.4. The Morgan fingerprint density at radius 2 is 2.12 bits per heavy atom. The minimum absolute atomic E-state index is 0.191. The quantitative estimate of drug-likeness (QED) is 0.744. The molecule has 4 nitrogen and oxygen atoms in total. The topological polar surface area (TPSA) is 35.9 Å². The molecule has 0 spiro atoms. The Bertz CT molecular complexity index is 207. The summed E-state index contributed by atoms with van der Waals surface area (Å²) in [6.45, 7) is 6.04. The van der Waals surface area contributed by atoms with E-state index < -0.39 is 0 Å². The van der Waals surface area contributed by atoms with Crippen LogP contribution in [0.15, 0.2) is 0 Å². The maximum absolute atomic E-state index is 9.90. The molecule has 2 atom stereocenters. The minimum atomic E-state index is -0.211. The summed E-state index contributed by atoms with van der Waals surface area (Å²) in [5, 5.41) is 9.90. The third kappa shape index (κ3) is 3.17. The van der Waals surface area contributed by atoms with E-state index in [4.69, 9.17) is 4.74 Å². The Morgan fingerprint density at radius 1 is 1.38 bits per heavy atom. The lowest BCUT2D eigenvalue weighted by Crippen LogP contribution is -2.49. The van der Waals surface area contributed by atoms with Crippen molar-refractivity contribution in [3.63, 3.8) is 0 Å². The summed E-state index contributed by atoms with van der Waals surface area (Å²) in [5.41, 5.74) is 0. The van der Waals surface area contributed by atoms with E-state index in [2.05, 4.69) is 16.8 Å². The minimum Gasteiger partial charge on any atom is -0.391 e. The molecule has 2 aliphatic rings. The summed E-state index contributed by atoms with van der Waals surface area (Å²) in [4.78, 5) is 4.76. The Labute approximate surface area is 98.2 Å². The van der Waals surface area contributed by atoms with Gasteiger partial charge in [0.05, 0.1) is 18.8 Å². The highest BCUT2D eigenvalue weighted by Crippen LogP contribution is 2.13. The molecule has 4 heteroatoms. The van der Waals surface area contributed by atoms with Crippen LogP contribution in [0.1, 0.15) is 19.3 Å². The average molecular weight is 228 g/mol. The summed E-state index contributed by atoms with van der Waals surface area (Å²) < 4.78 is 5.43. The first-order valence-corrected chi connectivity index (χ1v) is 6.46. The van der Waals surface area contributed by atoms with Crippen molar-refractivity contribution in [3.8, 4) is 0 Å². The molecule has 2 rings (SSSR count). The van der Waals surface area contributed by atoms with E-state index in [1.54, 1.807) is 0 Å². The first-order chi connectivity index (χ1) is 7.77. The van der Waals surface area contributed by atoms with Crippen molar-refractivity contribution >= 4 is 0 Å². The van der Waals surface area contributed by atoms with Crippen molar-refractivity contribution in [3.05, 3.63) is 0 Å². The Hall–Kier alpha value is -0.160. The predicted octanol–water partition coefficient (Wildman–Crippen LogP) is 0.164. The van der Waals surface area contributed by atoms with Crippen LogP contribution in [0.5, 0.6) is 0 Å². The largest absolute Gasteiger partial charge is 0.391 e. The Balaban J connectivity index is 1.71. The highest BCUT2D eigenvalue weighted by Gasteiger charge is 2.27. The number of likely N-dealkylation sites (N-methyl/N-ethyl adjacent to an activating group) is 1. The SMILES string of the molecule is CN(CCN1CCCC1)C1COCCC1O. The summed E-state index contributed by atoms with van der Waals surface area (Å²) in [7, 11) is 2.10.